The molecule has 6 fully saturated rings. The fraction of sp³-hybridized carbons (Fsp3) is 0.828. The lowest BCUT2D eigenvalue weighted by atomic mass is 9.45. The van der Waals surface area contributed by atoms with Gasteiger partial charge in [0.05, 0.1) is 11.2 Å². The van der Waals surface area contributed by atoms with Crippen molar-refractivity contribution < 1.29 is 9.84 Å². The molecule has 5 heteroatoms. The van der Waals surface area contributed by atoms with Crippen molar-refractivity contribution in [2.75, 3.05) is 12.3 Å². The molecule has 7 atom stereocenters. The third kappa shape index (κ3) is 3.72. The summed E-state index contributed by atoms with van der Waals surface area (Å²) >= 11 is 0. The molecular formula is C29H45N3O2. The molecule has 7 rings (SSSR count). The van der Waals surface area contributed by atoms with E-state index in [1.807, 2.05) is 12.3 Å². The number of aromatic nitrogens is 1. The van der Waals surface area contributed by atoms with E-state index in [0.29, 0.717) is 41.3 Å². The molecule has 5 N–H and O–H groups in total. The monoisotopic (exact) mass is 467 g/mol. The van der Waals surface area contributed by atoms with Gasteiger partial charge in [0.15, 0.2) is 0 Å². The fourth-order valence-electron chi connectivity index (χ4n) is 10.3. The van der Waals surface area contributed by atoms with E-state index in [-0.39, 0.29) is 23.3 Å². The van der Waals surface area contributed by atoms with Gasteiger partial charge in [0.25, 0.3) is 0 Å². The van der Waals surface area contributed by atoms with Crippen molar-refractivity contribution in [1.29, 1.82) is 0 Å². The van der Waals surface area contributed by atoms with Crippen LogP contribution in [0.2, 0.25) is 0 Å². The Labute approximate surface area is 205 Å². The van der Waals surface area contributed by atoms with Crippen LogP contribution in [0.4, 0.5) is 5.82 Å². The highest BCUT2D eigenvalue weighted by Crippen LogP contribution is 2.67. The first kappa shape index (κ1) is 23.2. The van der Waals surface area contributed by atoms with Crippen LogP contribution in [0.1, 0.15) is 96.0 Å². The van der Waals surface area contributed by atoms with Gasteiger partial charge in [-0.05, 0) is 112 Å². The zero-order chi connectivity index (χ0) is 23.6. The largest absolute Gasteiger partial charge is 0.396 e. The second kappa shape index (κ2) is 8.18. The Balaban J connectivity index is 1.34. The SMILES string of the molecule is C[C@@]12CCC[C@@H]3C[C@@]([C@@H]4C[C@H](Cc5ccc(N)nc5)CC5(CCCC5)C4)(C[C@@](N)(CCO)[C@@H]31)O2. The van der Waals surface area contributed by atoms with Crippen LogP contribution in [0.3, 0.4) is 0 Å². The van der Waals surface area contributed by atoms with Crippen LogP contribution in [-0.4, -0.2) is 33.4 Å². The van der Waals surface area contributed by atoms with Gasteiger partial charge >= 0.3 is 0 Å². The van der Waals surface area contributed by atoms with Crippen molar-refractivity contribution in [3.05, 3.63) is 23.9 Å². The highest BCUT2D eigenvalue weighted by atomic mass is 16.5. The molecule has 6 aliphatic rings. The van der Waals surface area contributed by atoms with E-state index < -0.39 is 0 Å². The summed E-state index contributed by atoms with van der Waals surface area (Å²) in [6, 6.07) is 4.12. The van der Waals surface area contributed by atoms with E-state index in [0.717, 1.165) is 19.3 Å². The molecule has 2 aliphatic heterocycles. The van der Waals surface area contributed by atoms with Crippen LogP contribution < -0.4 is 11.5 Å². The van der Waals surface area contributed by atoms with Gasteiger partial charge in [0.2, 0.25) is 0 Å². The Morgan fingerprint density at radius 1 is 1.12 bits per heavy atom. The van der Waals surface area contributed by atoms with E-state index in [9.17, 15) is 5.11 Å². The van der Waals surface area contributed by atoms with E-state index in [2.05, 4.69) is 18.0 Å². The molecule has 188 valence electrons. The van der Waals surface area contributed by atoms with Crippen LogP contribution in [0.15, 0.2) is 18.3 Å². The molecule has 0 amide bonds. The van der Waals surface area contributed by atoms with Crippen LogP contribution in [-0.2, 0) is 11.2 Å². The topological polar surface area (TPSA) is 94.4 Å². The number of fused-ring (bicyclic) bond motifs is 1. The van der Waals surface area contributed by atoms with Gasteiger partial charge in [-0.3, -0.25) is 0 Å². The third-order valence-electron chi connectivity index (χ3n) is 11.0. The van der Waals surface area contributed by atoms with Gasteiger partial charge in [0, 0.05) is 24.3 Å². The first-order valence-corrected chi connectivity index (χ1v) is 14.1. The van der Waals surface area contributed by atoms with E-state index in [1.165, 1.54) is 69.8 Å². The average Bonchev–Trinajstić information content (AvgIpc) is 3.21. The average molecular weight is 468 g/mol. The maximum Gasteiger partial charge on any atom is 0.123 e. The number of hydrogen-bond acceptors (Lipinski definition) is 5. The van der Waals surface area contributed by atoms with Crippen LogP contribution in [0, 0.1) is 29.1 Å². The van der Waals surface area contributed by atoms with E-state index in [4.69, 9.17) is 16.2 Å². The molecule has 5 nitrogen and oxygen atoms in total. The summed E-state index contributed by atoms with van der Waals surface area (Å²) in [5, 5.41) is 10.0. The number of anilines is 1. The molecule has 2 saturated heterocycles. The van der Waals surface area contributed by atoms with Crippen molar-refractivity contribution in [3.8, 4) is 0 Å². The van der Waals surface area contributed by atoms with Crippen LogP contribution in [0.25, 0.3) is 0 Å². The summed E-state index contributed by atoms with van der Waals surface area (Å²) in [5.74, 6) is 2.88. The lowest BCUT2D eigenvalue weighted by molar-refractivity contribution is -0.327. The smallest absolute Gasteiger partial charge is 0.123 e. The van der Waals surface area contributed by atoms with Crippen molar-refractivity contribution in [2.24, 2.45) is 34.8 Å². The molecule has 4 saturated carbocycles. The highest BCUT2D eigenvalue weighted by Gasteiger charge is 2.69. The molecule has 3 heterocycles. The number of hydrogen-bond donors (Lipinski definition) is 3. The predicted octanol–water partition coefficient (Wildman–Crippen LogP) is 5.00. The van der Waals surface area contributed by atoms with Crippen molar-refractivity contribution in [1.82, 2.24) is 4.98 Å². The van der Waals surface area contributed by atoms with Crippen LogP contribution >= 0.6 is 0 Å². The quantitative estimate of drug-likeness (QED) is 0.566. The second-order valence-corrected chi connectivity index (χ2v) is 13.4. The summed E-state index contributed by atoms with van der Waals surface area (Å²) in [6.07, 6.45) is 19.0. The number of ether oxygens (including phenoxy) is 1. The normalized spacial score (nSPS) is 45.0. The van der Waals surface area contributed by atoms with Crippen LogP contribution in [0.5, 0.6) is 0 Å². The zero-order valence-electron chi connectivity index (χ0n) is 21.1. The van der Waals surface area contributed by atoms with E-state index in [1.54, 1.807) is 0 Å². The number of pyridine rings is 1. The summed E-state index contributed by atoms with van der Waals surface area (Å²) in [7, 11) is 0. The molecule has 1 aromatic rings. The zero-order valence-corrected chi connectivity index (χ0v) is 21.1. The Bertz CT molecular complexity index is 899. The minimum atomic E-state index is -0.290. The Hall–Kier alpha value is -1.17. The number of rotatable bonds is 5. The second-order valence-electron chi connectivity index (χ2n) is 13.4. The molecule has 0 unspecified atom stereocenters. The summed E-state index contributed by atoms with van der Waals surface area (Å²) in [6.45, 7) is 2.55. The number of aliphatic hydroxyl groups is 1. The van der Waals surface area contributed by atoms with Gasteiger partial charge < -0.3 is 21.3 Å². The molecule has 1 aromatic heterocycles. The minimum Gasteiger partial charge on any atom is -0.396 e. The van der Waals surface area contributed by atoms with Gasteiger partial charge in [-0.15, -0.1) is 0 Å². The van der Waals surface area contributed by atoms with E-state index >= 15 is 0 Å². The molecule has 1 spiro atoms. The Kier molecular flexibility index (Phi) is 5.59. The Morgan fingerprint density at radius 2 is 1.94 bits per heavy atom. The van der Waals surface area contributed by atoms with Gasteiger partial charge in [-0.1, -0.05) is 25.3 Å². The minimum absolute atomic E-state index is 0.119. The summed E-state index contributed by atoms with van der Waals surface area (Å²) in [4.78, 5) is 4.38. The van der Waals surface area contributed by atoms with Crippen molar-refractivity contribution in [3.63, 3.8) is 0 Å². The third-order valence-corrected chi connectivity index (χ3v) is 11.0. The highest BCUT2D eigenvalue weighted by molar-refractivity contribution is 5.29. The van der Waals surface area contributed by atoms with Crippen molar-refractivity contribution in [2.45, 2.75) is 114 Å². The number of nitrogens with zero attached hydrogens (tertiary/aromatic N) is 1. The fourth-order valence-corrected chi connectivity index (χ4v) is 10.3. The maximum atomic E-state index is 10.0. The van der Waals surface area contributed by atoms with Gasteiger partial charge in [-0.2, -0.15) is 0 Å². The standard InChI is InChI=1S/C29H45N3O2/c1-26-8-4-5-22-16-29(34-26,19-28(31,11-12-33)25(22)26)23-14-21(13-20-6-7-24(30)32-18-20)15-27(17-23)9-2-3-10-27/h6-7,18,21-23,25,33H,2-5,8-17,19,31H2,1H3,(H2,30,32)/t21-,22+,23+,25-,26+,28-,29-/m0/s1. The molecular weight excluding hydrogens is 422 g/mol. The molecule has 4 aliphatic carbocycles. The van der Waals surface area contributed by atoms with Gasteiger partial charge in [0.1, 0.15) is 5.82 Å². The van der Waals surface area contributed by atoms with Gasteiger partial charge in [-0.25, -0.2) is 4.98 Å². The first-order valence-electron chi connectivity index (χ1n) is 14.1. The van der Waals surface area contributed by atoms with Crippen molar-refractivity contribution >= 4 is 5.82 Å². The Morgan fingerprint density at radius 3 is 2.65 bits per heavy atom. The lowest BCUT2D eigenvalue weighted by Crippen LogP contribution is -2.76. The number of nitrogens with two attached hydrogens (primary N) is 2. The first-order chi connectivity index (χ1) is 16.3. The summed E-state index contributed by atoms with van der Waals surface area (Å²) < 4.78 is 7.34. The number of aliphatic hydroxyl groups excluding tert-OH is 1. The molecule has 4 bridgehead atoms. The molecule has 34 heavy (non-hydrogen) atoms. The molecule has 0 radical (unpaired) electrons. The molecule has 0 aromatic carbocycles. The number of nitrogen functional groups attached to an aromatic ring is 1. The maximum absolute atomic E-state index is 10.0. The predicted molar refractivity (Wildman–Crippen MR) is 135 cm³/mol. The lowest BCUT2D eigenvalue weighted by Gasteiger charge is -2.70. The summed E-state index contributed by atoms with van der Waals surface area (Å²) in [5.41, 5.74) is 14.4.